The second kappa shape index (κ2) is 20.3. The van der Waals surface area contributed by atoms with Crippen LogP contribution in [0.25, 0.3) is 0 Å². The number of nitro benzene ring substituents is 1. The number of benzene rings is 1. The molecule has 1 aromatic rings. The standard InChI is InChI=1S/C39H60N4O15/c1-8-9-27(44)34(48)41-26-18-21(2)31(29(46)32(26)57-36-30(47)33(40-7)39(6,50)20-54-36)56-35-25(42-37(49)58-38(3,4)5)16-14-24(55-35)15-17-28(45)53-19-22-10-12-23(13-11-22)43(51)52/h10-14,21,25-27,29-33,35-36,40,44,46-47,50H,8-9,15-20H2,1-7H3,(H,41,48)(H,42,49). The number of esters is 1. The van der Waals surface area contributed by atoms with E-state index >= 15 is 0 Å². The maximum absolute atomic E-state index is 13.0. The third-order valence-corrected chi connectivity index (χ3v) is 10.2. The topological polar surface area (TPSA) is 267 Å². The third kappa shape index (κ3) is 12.8. The van der Waals surface area contributed by atoms with Crippen LogP contribution in [0, 0.1) is 16.0 Å². The summed E-state index contributed by atoms with van der Waals surface area (Å²) in [6.45, 7) is 9.90. The van der Waals surface area contributed by atoms with Gasteiger partial charge in [-0.25, -0.2) is 4.79 Å². The average Bonchev–Trinajstić information content (AvgIpc) is 3.14. The molecule has 0 radical (unpaired) electrons. The smallest absolute Gasteiger partial charge is 0.408 e. The molecule has 2 fully saturated rings. The Bertz CT molecular complexity index is 1590. The van der Waals surface area contributed by atoms with E-state index < -0.39 is 101 Å². The van der Waals surface area contributed by atoms with Crippen LogP contribution in [-0.4, -0.2) is 129 Å². The lowest BCUT2D eigenvalue weighted by Gasteiger charge is -2.49. The number of ether oxygens (including phenoxy) is 6. The van der Waals surface area contributed by atoms with Gasteiger partial charge in [0.05, 0.1) is 47.9 Å². The lowest BCUT2D eigenvalue weighted by atomic mass is 9.79. The van der Waals surface area contributed by atoms with Crippen molar-refractivity contribution in [2.45, 2.75) is 159 Å². The number of nitro groups is 1. The molecule has 0 aromatic heterocycles. The molecule has 12 atom stereocenters. The van der Waals surface area contributed by atoms with Gasteiger partial charge in [0, 0.05) is 18.6 Å². The van der Waals surface area contributed by atoms with Gasteiger partial charge < -0.3 is 64.8 Å². The molecule has 7 N–H and O–H groups in total. The Morgan fingerprint density at radius 1 is 1.05 bits per heavy atom. The highest BCUT2D eigenvalue weighted by Gasteiger charge is 2.52. The van der Waals surface area contributed by atoms with Gasteiger partial charge in [-0.15, -0.1) is 0 Å². The largest absolute Gasteiger partial charge is 0.467 e. The van der Waals surface area contributed by atoms with Crippen molar-refractivity contribution in [3.05, 3.63) is 51.8 Å². The van der Waals surface area contributed by atoms with E-state index in [1.165, 1.54) is 31.2 Å². The zero-order chi connectivity index (χ0) is 42.9. The molecule has 1 saturated carbocycles. The van der Waals surface area contributed by atoms with Gasteiger partial charge in [0.2, 0.25) is 12.2 Å². The number of non-ortho nitro benzene ring substituents is 1. The molecule has 326 valence electrons. The summed E-state index contributed by atoms with van der Waals surface area (Å²) < 4.78 is 35.5. The quantitative estimate of drug-likeness (QED) is 0.0712. The van der Waals surface area contributed by atoms with Crippen LogP contribution in [0.1, 0.15) is 85.6 Å². The van der Waals surface area contributed by atoms with Crippen LogP contribution >= 0.6 is 0 Å². The van der Waals surface area contributed by atoms with Gasteiger partial charge in [-0.1, -0.05) is 20.3 Å². The van der Waals surface area contributed by atoms with Crippen LogP contribution in [0.2, 0.25) is 0 Å². The van der Waals surface area contributed by atoms with Gasteiger partial charge in [-0.3, -0.25) is 19.7 Å². The second-order valence-corrected chi connectivity index (χ2v) is 16.3. The Kier molecular flexibility index (Phi) is 16.4. The van der Waals surface area contributed by atoms with Crippen LogP contribution in [-0.2, 0) is 44.6 Å². The molecule has 0 spiro atoms. The Hall–Kier alpha value is -3.95. The second-order valence-electron chi connectivity index (χ2n) is 16.3. The van der Waals surface area contributed by atoms with Crippen molar-refractivity contribution in [2.75, 3.05) is 13.7 Å². The summed E-state index contributed by atoms with van der Waals surface area (Å²) in [4.78, 5) is 49.1. The Morgan fingerprint density at radius 3 is 2.34 bits per heavy atom. The minimum Gasteiger partial charge on any atom is -0.467 e. The summed E-state index contributed by atoms with van der Waals surface area (Å²) >= 11 is 0. The fourth-order valence-electron chi connectivity index (χ4n) is 7.21. The molecule has 1 saturated heterocycles. The summed E-state index contributed by atoms with van der Waals surface area (Å²) in [6.07, 6.45) is -7.05. The van der Waals surface area contributed by atoms with Gasteiger partial charge in [-0.05, 0) is 83.7 Å². The number of aliphatic hydroxyl groups excluding tert-OH is 3. The van der Waals surface area contributed by atoms with Crippen LogP contribution in [0.3, 0.4) is 0 Å². The number of nitrogens with one attached hydrogen (secondary N) is 3. The number of hydrogen-bond acceptors (Lipinski definition) is 16. The zero-order valence-electron chi connectivity index (χ0n) is 34.1. The maximum Gasteiger partial charge on any atom is 0.408 e. The van der Waals surface area contributed by atoms with Crippen molar-refractivity contribution in [2.24, 2.45) is 5.92 Å². The Morgan fingerprint density at radius 2 is 1.72 bits per heavy atom. The molecule has 0 bridgehead atoms. The molecule has 19 nitrogen and oxygen atoms in total. The monoisotopic (exact) mass is 824 g/mol. The molecule has 12 unspecified atom stereocenters. The molecule has 1 aromatic carbocycles. The van der Waals surface area contributed by atoms with Gasteiger partial charge in [0.1, 0.15) is 42.2 Å². The van der Waals surface area contributed by atoms with Crippen LogP contribution < -0.4 is 16.0 Å². The summed E-state index contributed by atoms with van der Waals surface area (Å²) in [5, 5.41) is 63.8. The Balaban J connectivity index is 1.52. The highest BCUT2D eigenvalue weighted by atomic mass is 16.7. The number of carbonyl (C=O) groups is 3. The van der Waals surface area contributed by atoms with Crippen molar-refractivity contribution in [1.29, 1.82) is 0 Å². The number of likely N-dealkylation sites (N-methyl/N-ethyl adjacent to an activating group) is 1. The molecule has 2 amide bonds. The predicted molar refractivity (Wildman–Crippen MR) is 204 cm³/mol. The highest BCUT2D eigenvalue weighted by Crippen LogP contribution is 2.36. The van der Waals surface area contributed by atoms with Gasteiger partial charge in [0.25, 0.3) is 5.69 Å². The van der Waals surface area contributed by atoms with Gasteiger partial charge in [0.15, 0.2) is 6.29 Å². The molecular formula is C39H60N4O15. The van der Waals surface area contributed by atoms with Crippen LogP contribution in [0.4, 0.5) is 10.5 Å². The normalized spacial score (nSPS) is 31.9. The van der Waals surface area contributed by atoms with Crippen LogP contribution in [0.15, 0.2) is 36.1 Å². The number of hydrogen-bond donors (Lipinski definition) is 7. The molecule has 1 aliphatic carbocycles. The number of carbonyl (C=O) groups excluding carboxylic acids is 3. The number of allylic oxidation sites excluding steroid dienone is 1. The first-order valence-electron chi connectivity index (χ1n) is 19.6. The van der Waals surface area contributed by atoms with Crippen molar-refractivity contribution in [3.8, 4) is 0 Å². The minimum atomic E-state index is -1.50. The molecule has 19 heteroatoms. The van der Waals surface area contributed by atoms with Gasteiger partial charge in [-0.2, -0.15) is 0 Å². The van der Waals surface area contributed by atoms with Crippen molar-refractivity contribution in [3.63, 3.8) is 0 Å². The lowest BCUT2D eigenvalue weighted by molar-refractivity contribution is -0.384. The van der Waals surface area contributed by atoms with E-state index in [4.69, 9.17) is 28.4 Å². The van der Waals surface area contributed by atoms with Crippen molar-refractivity contribution < 1.29 is 68.2 Å². The molecule has 4 rings (SSSR count). The molecule has 58 heavy (non-hydrogen) atoms. The van der Waals surface area contributed by atoms with E-state index in [1.54, 1.807) is 40.8 Å². The summed E-state index contributed by atoms with van der Waals surface area (Å²) in [6, 6.07) is 3.03. The van der Waals surface area contributed by atoms with Crippen molar-refractivity contribution >= 4 is 23.7 Å². The molecular weight excluding hydrogens is 764 g/mol. The number of alkyl carbamates (subject to hydrolysis) is 1. The SMILES string of the molecule is CCCC(O)C(=O)NC1CC(C)C(OC2OC(CCC(=O)OCc3ccc([N+](=O)[O-])cc3)=CCC2NC(=O)OC(C)(C)C)C(O)C1OC1OCC(C)(O)C(NC)C1O. The first kappa shape index (κ1) is 46.7. The fraction of sp³-hybridized carbons (Fsp3) is 0.718. The van der Waals surface area contributed by atoms with E-state index in [1.807, 2.05) is 6.92 Å². The summed E-state index contributed by atoms with van der Waals surface area (Å²) in [5.41, 5.74) is -1.80. The number of rotatable bonds is 16. The molecule has 2 aliphatic heterocycles. The summed E-state index contributed by atoms with van der Waals surface area (Å²) in [7, 11) is 1.56. The maximum atomic E-state index is 13.0. The first-order valence-corrected chi connectivity index (χ1v) is 19.6. The minimum absolute atomic E-state index is 0.0883. The van der Waals surface area contributed by atoms with Gasteiger partial charge >= 0.3 is 12.1 Å². The zero-order valence-corrected chi connectivity index (χ0v) is 34.1. The van der Waals surface area contributed by atoms with E-state index in [2.05, 4.69) is 16.0 Å². The fourth-order valence-corrected chi connectivity index (χ4v) is 7.21. The third-order valence-electron chi connectivity index (χ3n) is 10.2. The number of nitrogens with zero attached hydrogens (tertiary/aromatic N) is 1. The van der Waals surface area contributed by atoms with E-state index in [9.17, 15) is 44.9 Å². The van der Waals surface area contributed by atoms with Crippen LogP contribution in [0.5, 0.6) is 0 Å². The molecule has 3 aliphatic rings. The number of amides is 2. The van der Waals surface area contributed by atoms with E-state index in [0.29, 0.717) is 17.7 Å². The van der Waals surface area contributed by atoms with E-state index in [-0.39, 0.29) is 51.0 Å². The predicted octanol–water partition coefficient (Wildman–Crippen LogP) is 1.81. The number of aliphatic hydroxyl groups is 4. The first-order chi connectivity index (χ1) is 27.2. The Labute approximate surface area is 337 Å². The van der Waals surface area contributed by atoms with E-state index in [0.717, 1.165) is 0 Å². The van der Waals surface area contributed by atoms with Crippen molar-refractivity contribution in [1.82, 2.24) is 16.0 Å². The average molecular weight is 825 g/mol. The lowest BCUT2D eigenvalue weighted by Crippen LogP contribution is -2.68. The molecule has 2 heterocycles. The summed E-state index contributed by atoms with van der Waals surface area (Å²) in [5.74, 6) is -1.36. The highest BCUT2D eigenvalue weighted by molar-refractivity contribution is 5.80.